The van der Waals surface area contributed by atoms with E-state index in [2.05, 4.69) is 14.9 Å². The molecular formula is C12H14FN3O2S. The Labute approximate surface area is 110 Å². The number of halogens is 1. The predicted octanol–water partition coefficient (Wildman–Crippen LogP) is 2.47. The number of sulfonamides is 1. The van der Waals surface area contributed by atoms with Crippen molar-refractivity contribution < 1.29 is 12.8 Å². The highest BCUT2D eigenvalue weighted by atomic mass is 32.2. The molecule has 0 spiro atoms. The average molecular weight is 283 g/mol. The average Bonchev–Trinajstić information content (AvgIpc) is 2.77. The van der Waals surface area contributed by atoms with E-state index < -0.39 is 15.8 Å². The molecule has 2 aromatic rings. The summed E-state index contributed by atoms with van der Waals surface area (Å²) in [5, 5.41) is 6.60. The van der Waals surface area contributed by atoms with Crippen molar-refractivity contribution >= 4 is 15.8 Å². The summed E-state index contributed by atoms with van der Waals surface area (Å²) in [5.74, 6) is -0.208. The molecule has 0 unspecified atom stereocenters. The van der Waals surface area contributed by atoms with Crippen LogP contribution < -0.4 is 4.72 Å². The fourth-order valence-corrected chi connectivity index (χ4v) is 2.54. The summed E-state index contributed by atoms with van der Waals surface area (Å²) in [5.41, 5.74) is 0.817. The Balaban J connectivity index is 2.26. The van der Waals surface area contributed by atoms with Crippen molar-refractivity contribution in [3.8, 4) is 0 Å². The van der Waals surface area contributed by atoms with Crippen LogP contribution in [0.5, 0.6) is 0 Å². The second-order valence-electron chi connectivity index (χ2n) is 4.43. The largest absolute Gasteiger partial charge is 0.280 e. The zero-order chi connectivity index (χ0) is 14.0. The minimum atomic E-state index is -3.82. The number of rotatable bonds is 4. The lowest BCUT2D eigenvalue weighted by molar-refractivity contribution is 0.595. The van der Waals surface area contributed by atoms with Gasteiger partial charge in [-0.15, -0.1) is 0 Å². The third-order valence-corrected chi connectivity index (χ3v) is 3.92. The highest BCUT2D eigenvalue weighted by molar-refractivity contribution is 7.92. The SMILES string of the molecule is CC(C)c1cc(NS(=O)(=O)c2cccc(F)c2)n[nH]1. The topological polar surface area (TPSA) is 74.8 Å². The van der Waals surface area contributed by atoms with E-state index in [-0.39, 0.29) is 16.6 Å². The molecule has 19 heavy (non-hydrogen) atoms. The molecule has 0 aliphatic carbocycles. The Hall–Kier alpha value is -1.89. The summed E-state index contributed by atoms with van der Waals surface area (Å²) in [7, 11) is -3.82. The van der Waals surface area contributed by atoms with Crippen molar-refractivity contribution in [2.24, 2.45) is 0 Å². The Morgan fingerprint density at radius 1 is 1.32 bits per heavy atom. The summed E-state index contributed by atoms with van der Waals surface area (Å²) >= 11 is 0. The summed E-state index contributed by atoms with van der Waals surface area (Å²) in [6.45, 7) is 3.91. The minimum absolute atomic E-state index is 0.137. The third kappa shape index (κ3) is 3.11. The summed E-state index contributed by atoms with van der Waals surface area (Å²) in [4.78, 5) is -0.137. The van der Waals surface area contributed by atoms with E-state index in [4.69, 9.17) is 0 Å². The number of aromatic nitrogens is 2. The first-order valence-corrected chi connectivity index (χ1v) is 7.20. The number of H-pyrrole nitrogens is 1. The van der Waals surface area contributed by atoms with Crippen LogP contribution in [0.4, 0.5) is 10.2 Å². The molecule has 102 valence electrons. The minimum Gasteiger partial charge on any atom is -0.280 e. The number of benzene rings is 1. The van der Waals surface area contributed by atoms with E-state index in [1.54, 1.807) is 6.07 Å². The Bertz CT molecular complexity index is 680. The normalized spacial score (nSPS) is 11.8. The number of hydrogen-bond donors (Lipinski definition) is 2. The number of anilines is 1. The first-order valence-electron chi connectivity index (χ1n) is 5.72. The summed E-state index contributed by atoms with van der Waals surface area (Å²) in [6.07, 6.45) is 0. The lowest BCUT2D eigenvalue weighted by atomic mass is 10.1. The van der Waals surface area contributed by atoms with Crippen LogP contribution in [0.1, 0.15) is 25.5 Å². The summed E-state index contributed by atoms with van der Waals surface area (Å²) < 4.78 is 39.3. The Kier molecular flexibility index (Phi) is 3.57. The molecule has 5 nitrogen and oxygen atoms in total. The smallest absolute Gasteiger partial charge is 0.263 e. The predicted molar refractivity (Wildman–Crippen MR) is 69.9 cm³/mol. The maximum atomic E-state index is 13.0. The van der Waals surface area contributed by atoms with Crippen molar-refractivity contribution in [2.75, 3.05) is 4.72 Å². The van der Waals surface area contributed by atoms with E-state index in [9.17, 15) is 12.8 Å². The van der Waals surface area contributed by atoms with E-state index in [0.29, 0.717) is 0 Å². The van der Waals surface area contributed by atoms with Gasteiger partial charge in [0.05, 0.1) is 4.90 Å². The summed E-state index contributed by atoms with van der Waals surface area (Å²) in [6, 6.07) is 6.42. The van der Waals surface area contributed by atoms with Crippen molar-refractivity contribution in [1.82, 2.24) is 10.2 Å². The van der Waals surface area contributed by atoms with Gasteiger partial charge < -0.3 is 0 Å². The molecule has 1 heterocycles. The quantitative estimate of drug-likeness (QED) is 0.905. The maximum Gasteiger partial charge on any atom is 0.263 e. The molecule has 0 saturated carbocycles. The molecule has 7 heteroatoms. The molecule has 0 saturated heterocycles. The van der Waals surface area contributed by atoms with Gasteiger partial charge in [-0.1, -0.05) is 19.9 Å². The van der Waals surface area contributed by atoms with Gasteiger partial charge in [-0.05, 0) is 24.1 Å². The highest BCUT2D eigenvalue weighted by Crippen LogP contribution is 2.18. The number of aromatic amines is 1. The van der Waals surface area contributed by atoms with Gasteiger partial charge in [0.25, 0.3) is 10.0 Å². The first kappa shape index (κ1) is 13.5. The van der Waals surface area contributed by atoms with Gasteiger partial charge >= 0.3 is 0 Å². The van der Waals surface area contributed by atoms with Crippen LogP contribution in [0.15, 0.2) is 35.2 Å². The zero-order valence-electron chi connectivity index (χ0n) is 10.5. The van der Waals surface area contributed by atoms with Gasteiger partial charge in [0.1, 0.15) is 5.82 Å². The van der Waals surface area contributed by atoms with Crippen molar-refractivity contribution in [2.45, 2.75) is 24.7 Å². The molecule has 1 aromatic carbocycles. The van der Waals surface area contributed by atoms with Crippen LogP contribution in [0.25, 0.3) is 0 Å². The van der Waals surface area contributed by atoms with Gasteiger partial charge in [0.15, 0.2) is 5.82 Å². The third-order valence-electron chi connectivity index (χ3n) is 2.56. The second-order valence-corrected chi connectivity index (χ2v) is 6.11. The number of nitrogens with one attached hydrogen (secondary N) is 2. The molecule has 0 radical (unpaired) electrons. The Morgan fingerprint density at radius 3 is 2.63 bits per heavy atom. The molecule has 0 bridgehead atoms. The molecular weight excluding hydrogens is 269 g/mol. The van der Waals surface area contributed by atoms with Crippen LogP contribution in [-0.4, -0.2) is 18.6 Å². The number of hydrogen-bond acceptors (Lipinski definition) is 3. The highest BCUT2D eigenvalue weighted by Gasteiger charge is 2.16. The van der Waals surface area contributed by atoms with Crippen LogP contribution in [0.2, 0.25) is 0 Å². The van der Waals surface area contributed by atoms with Crippen LogP contribution in [0.3, 0.4) is 0 Å². The molecule has 1 aromatic heterocycles. The molecule has 0 atom stereocenters. The van der Waals surface area contributed by atoms with Crippen molar-refractivity contribution in [1.29, 1.82) is 0 Å². The molecule has 0 fully saturated rings. The van der Waals surface area contributed by atoms with E-state index in [1.165, 1.54) is 18.2 Å². The van der Waals surface area contributed by atoms with Gasteiger partial charge in [0, 0.05) is 11.8 Å². The molecule has 2 N–H and O–H groups in total. The second kappa shape index (κ2) is 5.00. The van der Waals surface area contributed by atoms with Gasteiger partial charge in [-0.3, -0.25) is 9.82 Å². The standard InChI is InChI=1S/C12H14FN3O2S/c1-8(2)11-7-12(15-14-11)16-19(17,18)10-5-3-4-9(13)6-10/h3-8H,1-2H3,(H2,14,15,16). The maximum absolute atomic E-state index is 13.0. The van der Waals surface area contributed by atoms with E-state index >= 15 is 0 Å². The molecule has 0 aliphatic rings. The van der Waals surface area contributed by atoms with Crippen molar-refractivity contribution in [3.05, 3.63) is 41.8 Å². The molecule has 2 rings (SSSR count). The van der Waals surface area contributed by atoms with Crippen LogP contribution >= 0.6 is 0 Å². The lowest BCUT2D eigenvalue weighted by Gasteiger charge is -2.04. The van der Waals surface area contributed by atoms with E-state index in [0.717, 1.165) is 11.8 Å². The lowest BCUT2D eigenvalue weighted by Crippen LogP contribution is -2.13. The van der Waals surface area contributed by atoms with Gasteiger partial charge in [-0.25, -0.2) is 12.8 Å². The van der Waals surface area contributed by atoms with Gasteiger partial charge in [0.2, 0.25) is 0 Å². The Morgan fingerprint density at radius 2 is 2.05 bits per heavy atom. The first-order chi connectivity index (χ1) is 8.88. The monoisotopic (exact) mass is 283 g/mol. The van der Waals surface area contributed by atoms with Gasteiger partial charge in [-0.2, -0.15) is 5.10 Å². The zero-order valence-corrected chi connectivity index (χ0v) is 11.3. The van der Waals surface area contributed by atoms with Crippen LogP contribution in [0, 0.1) is 5.82 Å². The fraction of sp³-hybridized carbons (Fsp3) is 0.250. The van der Waals surface area contributed by atoms with Crippen LogP contribution in [-0.2, 0) is 10.0 Å². The molecule has 0 aliphatic heterocycles. The van der Waals surface area contributed by atoms with Crippen molar-refractivity contribution in [3.63, 3.8) is 0 Å². The fourth-order valence-electron chi connectivity index (χ4n) is 1.52. The van der Waals surface area contributed by atoms with E-state index in [1.807, 2.05) is 13.8 Å². The number of nitrogens with zero attached hydrogens (tertiary/aromatic N) is 1. The molecule has 0 amide bonds.